The molecular weight excluding hydrogens is 382 g/mol. The molecule has 0 aromatic heterocycles. The van der Waals surface area contributed by atoms with Crippen molar-refractivity contribution in [2.24, 2.45) is 38.9 Å². The van der Waals surface area contributed by atoms with Gasteiger partial charge in [0, 0.05) is 17.3 Å². The van der Waals surface area contributed by atoms with Gasteiger partial charge in [0.1, 0.15) is 11.9 Å². The molecule has 4 N–H and O–H groups in total. The number of allylic oxidation sites excluding steroid dienone is 4. The third kappa shape index (κ3) is 2.45. The van der Waals surface area contributed by atoms with Crippen LogP contribution < -0.4 is 0 Å². The Morgan fingerprint density at radius 1 is 1.24 bits per heavy atom. The molecule has 0 aliphatic heterocycles. The predicted molar refractivity (Wildman–Crippen MR) is 103 cm³/mol. The molecule has 0 unspecified atom stereocenters. The van der Waals surface area contributed by atoms with Gasteiger partial charge in [-0.2, -0.15) is 0 Å². The van der Waals surface area contributed by atoms with Gasteiger partial charge in [0.05, 0.1) is 18.4 Å². The number of halogens is 2. The quantitative estimate of drug-likeness (QED) is 0.319. The summed E-state index contributed by atoms with van der Waals surface area (Å²) in [6, 6.07) is 0. The summed E-state index contributed by atoms with van der Waals surface area (Å²) >= 11 is 0. The lowest BCUT2D eigenvalue weighted by molar-refractivity contribution is -0.198. The zero-order valence-corrected chi connectivity index (χ0v) is 16.6. The Labute approximate surface area is 168 Å². The third-order valence-electron chi connectivity index (χ3n) is 8.45. The van der Waals surface area contributed by atoms with Crippen molar-refractivity contribution in [2.75, 3.05) is 6.61 Å². The van der Waals surface area contributed by atoms with E-state index in [0.717, 1.165) is 0 Å². The largest absolute Gasteiger partial charge is 0.411 e. The van der Waals surface area contributed by atoms with Crippen LogP contribution in [0.25, 0.3) is 0 Å². The Balaban J connectivity index is 1.80. The molecule has 0 amide bonds. The van der Waals surface area contributed by atoms with Gasteiger partial charge >= 0.3 is 0 Å². The minimum Gasteiger partial charge on any atom is -0.411 e. The van der Waals surface area contributed by atoms with Crippen LogP contribution in [-0.4, -0.2) is 56.6 Å². The lowest BCUT2D eigenvalue weighted by Crippen LogP contribution is -2.68. The second kappa shape index (κ2) is 6.60. The molecule has 0 aromatic rings. The molecular formula is C21H28F2N2O4. The monoisotopic (exact) mass is 410 g/mol. The number of aliphatic hydroxyl groups is 2. The highest BCUT2D eigenvalue weighted by Crippen LogP contribution is 2.69. The van der Waals surface area contributed by atoms with Gasteiger partial charge in [-0.05, 0) is 61.7 Å². The summed E-state index contributed by atoms with van der Waals surface area (Å²) in [7, 11) is 0. The molecule has 0 heterocycles. The van der Waals surface area contributed by atoms with Crippen molar-refractivity contribution in [1.82, 2.24) is 0 Å². The van der Waals surface area contributed by atoms with Crippen LogP contribution in [0.4, 0.5) is 8.78 Å². The number of nitrogens with zero attached hydrogens (tertiary/aromatic N) is 2. The molecule has 0 radical (unpaired) electrons. The van der Waals surface area contributed by atoms with Crippen molar-refractivity contribution in [2.45, 2.75) is 57.5 Å². The smallest absolute Gasteiger partial charge is 0.152 e. The summed E-state index contributed by atoms with van der Waals surface area (Å²) in [6.45, 7) is 3.12. The Kier molecular flexibility index (Phi) is 4.66. The van der Waals surface area contributed by atoms with Crippen LogP contribution in [-0.2, 0) is 0 Å². The Bertz CT molecular complexity index is 827. The first-order chi connectivity index (χ1) is 13.7. The van der Waals surface area contributed by atoms with Crippen molar-refractivity contribution in [3.8, 4) is 0 Å². The molecule has 0 bridgehead atoms. The third-order valence-corrected chi connectivity index (χ3v) is 8.45. The molecule has 4 aliphatic rings. The maximum absolute atomic E-state index is 16.9. The van der Waals surface area contributed by atoms with Crippen LogP contribution in [0, 0.1) is 28.6 Å². The van der Waals surface area contributed by atoms with Gasteiger partial charge in [-0.15, -0.1) is 0 Å². The van der Waals surface area contributed by atoms with E-state index in [2.05, 4.69) is 10.3 Å². The summed E-state index contributed by atoms with van der Waals surface area (Å²) in [5.41, 5.74) is -3.45. The first-order valence-corrected chi connectivity index (χ1v) is 10.1. The van der Waals surface area contributed by atoms with E-state index in [1.165, 1.54) is 18.2 Å². The summed E-state index contributed by atoms with van der Waals surface area (Å²) in [5.74, 6) is -1.24. The fraction of sp³-hybridized carbons (Fsp3) is 0.714. The van der Waals surface area contributed by atoms with E-state index in [4.69, 9.17) is 5.21 Å². The van der Waals surface area contributed by atoms with E-state index in [0.29, 0.717) is 12.8 Å². The number of alkyl halides is 2. The van der Waals surface area contributed by atoms with E-state index < -0.39 is 41.3 Å². The zero-order chi connectivity index (χ0) is 21.2. The van der Waals surface area contributed by atoms with Crippen LogP contribution in [0.3, 0.4) is 0 Å². The van der Waals surface area contributed by atoms with Crippen LogP contribution in [0.15, 0.2) is 34.1 Å². The van der Waals surface area contributed by atoms with Crippen LogP contribution in [0.5, 0.6) is 0 Å². The van der Waals surface area contributed by atoms with Gasteiger partial charge in [-0.3, -0.25) is 0 Å². The Hall–Kier alpha value is -1.80. The number of aliphatic hydroxyl groups excluding tert-OH is 2. The summed E-state index contributed by atoms with van der Waals surface area (Å²) in [5, 5.41) is 45.4. The zero-order valence-electron chi connectivity index (χ0n) is 16.6. The first-order valence-electron chi connectivity index (χ1n) is 10.1. The topological polar surface area (TPSA) is 106 Å². The van der Waals surface area contributed by atoms with Crippen molar-refractivity contribution in [1.29, 1.82) is 0 Å². The van der Waals surface area contributed by atoms with Crippen LogP contribution in [0.2, 0.25) is 0 Å². The van der Waals surface area contributed by atoms with E-state index in [1.54, 1.807) is 6.92 Å². The van der Waals surface area contributed by atoms with E-state index >= 15 is 8.78 Å². The average Bonchev–Trinajstić information content (AvgIpc) is 3.02. The number of hydrogen-bond donors (Lipinski definition) is 4. The van der Waals surface area contributed by atoms with Gasteiger partial charge in [0.25, 0.3) is 0 Å². The summed E-state index contributed by atoms with van der Waals surface area (Å²) < 4.78 is 32.2. The number of hydrogen-bond acceptors (Lipinski definition) is 6. The maximum atomic E-state index is 16.9. The average molecular weight is 410 g/mol. The maximum Gasteiger partial charge on any atom is 0.152 e. The van der Waals surface area contributed by atoms with Gasteiger partial charge < -0.3 is 20.6 Å². The summed E-state index contributed by atoms with van der Waals surface area (Å²) in [4.78, 5) is 0. The van der Waals surface area contributed by atoms with Crippen molar-refractivity contribution in [3.63, 3.8) is 0 Å². The van der Waals surface area contributed by atoms with Gasteiger partial charge in [0.15, 0.2) is 5.67 Å². The molecule has 4 aliphatic carbocycles. The fourth-order valence-electron chi connectivity index (χ4n) is 7.03. The summed E-state index contributed by atoms with van der Waals surface area (Å²) in [6.07, 6.45) is 2.83. The van der Waals surface area contributed by atoms with E-state index in [1.807, 2.05) is 6.92 Å². The van der Waals surface area contributed by atoms with Gasteiger partial charge in [0.2, 0.25) is 0 Å². The highest BCUT2D eigenvalue weighted by atomic mass is 19.1. The standard InChI is InChI=1S/C21H28F2N2O4/c1-19-9-18(27)21(23)14(12(19)3-4-13(19)17(10-26)25-29)8-16(22)15-7-11(24-28)5-6-20(15,21)2/h5-7,12-14,16,18,26-29H,3-4,8-10H2,1-2H3/b24-11?,25-17+/t12-,13+,14-,16-,18-,19-,20-,21-/m0/s1. The fourth-order valence-corrected chi connectivity index (χ4v) is 7.03. The highest BCUT2D eigenvalue weighted by Gasteiger charge is 2.72. The minimum absolute atomic E-state index is 0.0702. The lowest BCUT2D eigenvalue weighted by Gasteiger charge is -2.62. The van der Waals surface area contributed by atoms with Gasteiger partial charge in [-0.1, -0.05) is 23.3 Å². The molecule has 160 valence electrons. The minimum atomic E-state index is -2.08. The molecule has 29 heavy (non-hydrogen) atoms. The van der Waals surface area contributed by atoms with E-state index in [9.17, 15) is 15.4 Å². The predicted octanol–water partition coefficient (Wildman–Crippen LogP) is 3.01. The van der Waals surface area contributed by atoms with Crippen molar-refractivity contribution < 1.29 is 29.4 Å². The number of rotatable bonds is 2. The molecule has 6 nitrogen and oxygen atoms in total. The van der Waals surface area contributed by atoms with Gasteiger partial charge in [-0.25, -0.2) is 8.78 Å². The number of oxime groups is 2. The Morgan fingerprint density at radius 2 is 1.97 bits per heavy atom. The molecule has 0 saturated heterocycles. The van der Waals surface area contributed by atoms with Crippen molar-refractivity contribution >= 4 is 11.4 Å². The lowest BCUT2D eigenvalue weighted by atomic mass is 9.45. The second-order valence-electron chi connectivity index (χ2n) is 9.45. The van der Waals surface area contributed by atoms with Crippen LogP contribution >= 0.6 is 0 Å². The Morgan fingerprint density at radius 3 is 2.59 bits per heavy atom. The number of fused-ring (bicyclic) bond motifs is 5. The molecule has 8 atom stereocenters. The SMILES string of the molecule is C[C@]12C[C@H](O)[C@@]3(F)[C@@H](C[C@H](F)C4=CC(=NO)C=C[C@@]43C)[C@@H]1CC[C@@H]2/C(CO)=N/O. The normalized spacial score (nSPS) is 50.7. The molecule has 4 rings (SSSR count). The second-order valence-corrected chi connectivity index (χ2v) is 9.45. The van der Waals surface area contributed by atoms with E-state index in [-0.39, 0.29) is 41.7 Å². The molecule has 3 fully saturated rings. The molecule has 3 saturated carbocycles. The van der Waals surface area contributed by atoms with Crippen LogP contribution in [0.1, 0.15) is 39.5 Å². The first kappa shape index (κ1) is 20.5. The molecule has 0 aromatic carbocycles. The van der Waals surface area contributed by atoms with Crippen molar-refractivity contribution in [3.05, 3.63) is 23.8 Å². The molecule has 0 spiro atoms. The molecule has 8 heteroatoms. The highest BCUT2D eigenvalue weighted by molar-refractivity contribution is 6.05.